The number of hydrogen-bond acceptors (Lipinski definition) is 4. The summed E-state index contributed by atoms with van der Waals surface area (Å²) in [6.45, 7) is 7.87. The van der Waals surface area contributed by atoms with E-state index in [1.165, 1.54) is 38.0 Å². The molecule has 1 aliphatic heterocycles. The summed E-state index contributed by atoms with van der Waals surface area (Å²) in [6.07, 6.45) is 7.21. The van der Waals surface area contributed by atoms with Gasteiger partial charge in [0.1, 0.15) is 5.76 Å². The van der Waals surface area contributed by atoms with E-state index in [9.17, 15) is 0 Å². The van der Waals surface area contributed by atoms with Crippen LogP contribution in [0.4, 0.5) is 6.01 Å². The molecule has 0 amide bonds. The Labute approximate surface area is 121 Å². The maximum Gasteiger partial charge on any atom is 0.295 e. The normalized spacial score (nSPS) is 26.1. The highest BCUT2D eigenvalue weighted by Crippen LogP contribution is 2.35. The molecular weight excluding hydrogens is 250 g/mol. The summed E-state index contributed by atoms with van der Waals surface area (Å²) in [4.78, 5) is 7.33. The van der Waals surface area contributed by atoms with Crippen LogP contribution in [0, 0.1) is 5.92 Å². The van der Waals surface area contributed by atoms with Crippen LogP contribution in [0.3, 0.4) is 0 Å². The van der Waals surface area contributed by atoms with E-state index in [2.05, 4.69) is 29.0 Å². The lowest BCUT2D eigenvalue weighted by atomic mass is 9.79. The zero-order chi connectivity index (χ0) is 13.9. The zero-order valence-corrected chi connectivity index (χ0v) is 12.8. The van der Waals surface area contributed by atoms with Crippen molar-refractivity contribution in [2.75, 3.05) is 25.0 Å². The van der Waals surface area contributed by atoms with Crippen LogP contribution in [0.25, 0.3) is 0 Å². The molecule has 0 unspecified atom stereocenters. The lowest BCUT2D eigenvalue weighted by Crippen LogP contribution is -2.49. The minimum absolute atomic E-state index is 0.683. The quantitative estimate of drug-likeness (QED) is 0.898. The summed E-state index contributed by atoms with van der Waals surface area (Å²) in [5, 5.41) is 3.28. The van der Waals surface area contributed by atoms with Gasteiger partial charge in [0, 0.05) is 19.0 Å². The SMILES string of the molecule is CCCNc1nc2c(o1)C[C@H]1[C@@H](CCCN1CCC)C2. The molecular formula is C16H27N3O. The summed E-state index contributed by atoms with van der Waals surface area (Å²) < 4.78 is 5.93. The maximum absolute atomic E-state index is 5.93. The molecule has 1 N–H and O–H groups in total. The van der Waals surface area contributed by atoms with Gasteiger partial charge in [0.15, 0.2) is 0 Å². The van der Waals surface area contributed by atoms with Gasteiger partial charge in [-0.1, -0.05) is 13.8 Å². The Kier molecular flexibility index (Phi) is 4.29. The van der Waals surface area contributed by atoms with E-state index in [-0.39, 0.29) is 0 Å². The first-order valence-electron chi connectivity index (χ1n) is 8.28. The molecule has 0 spiro atoms. The lowest BCUT2D eigenvalue weighted by Gasteiger charge is -2.43. The van der Waals surface area contributed by atoms with E-state index in [4.69, 9.17) is 4.42 Å². The van der Waals surface area contributed by atoms with Gasteiger partial charge in [0.2, 0.25) is 0 Å². The molecule has 112 valence electrons. The Morgan fingerprint density at radius 1 is 1.30 bits per heavy atom. The third-order valence-corrected chi connectivity index (χ3v) is 4.70. The fourth-order valence-electron chi connectivity index (χ4n) is 3.76. The largest absolute Gasteiger partial charge is 0.428 e. The Hall–Kier alpha value is -1.03. The van der Waals surface area contributed by atoms with E-state index in [0.29, 0.717) is 6.04 Å². The van der Waals surface area contributed by atoms with Crippen LogP contribution in [0.2, 0.25) is 0 Å². The number of oxazole rings is 1. The number of rotatable bonds is 5. The first kappa shape index (κ1) is 13.9. The molecule has 2 aliphatic rings. The Morgan fingerprint density at radius 2 is 2.20 bits per heavy atom. The van der Waals surface area contributed by atoms with E-state index >= 15 is 0 Å². The highest BCUT2D eigenvalue weighted by atomic mass is 16.4. The van der Waals surface area contributed by atoms with E-state index in [0.717, 1.165) is 43.5 Å². The highest BCUT2D eigenvalue weighted by Gasteiger charge is 2.37. The molecule has 1 aromatic heterocycles. The van der Waals surface area contributed by atoms with Gasteiger partial charge >= 0.3 is 0 Å². The minimum atomic E-state index is 0.683. The summed E-state index contributed by atoms with van der Waals surface area (Å²) in [5.74, 6) is 1.92. The smallest absolute Gasteiger partial charge is 0.295 e. The van der Waals surface area contributed by atoms with Crippen LogP contribution in [-0.2, 0) is 12.8 Å². The third kappa shape index (κ3) is 2.71. The van der Waals surface area contributed by atoms with Gasteiger partial charge in [-0.25, -0.2) is 0 Å². The Bertz CT molecular complexity index is 441. The third-order valence-electron chi connectivity index (χ3n) is 4.70. The number of nitrogens with one attached hydrogen (secondary N) is 1. The predicted octanol–water partition coefficient (Wildman–Crippen LogP) is 3.09. The lowest BCUT2D eigenvalue weighted by molar-refractivity contribution is 0.0799. The van der Waals surface area contributed by atoms with E-state index in [1.54, 1.807) is 0 Å². The van der Waals surface area contributed by atoms with Crippen molar-refractivity contribution < 1.29 is 4.42 Å². The molecule has 1 aromatic rings. The summed E-state index contributed by atoms with van der Waals surface area (Å²) in [6, 6.07) is 1.42. The molecule has 4 heteroatoms. The summed E-state index contributed by atoms with van der Waals surface area (Å²) in [7, 11) is 0. The average Bonchev–Trinajstić information content (AvgIpc) is 2.85. The second kappa shape index (κ2) is 6.17. The first-order valence-corrected chi connectivity index (χ1v) is 8.28. The van der Waals surface area contributed by atoms with E-state index in [1.807, 2.05) is 0 Å². The molecule has 1 saturated heterocycles. The molecule has 0 saturated carbocycles. The minimum Gasteiger partial charge on any atom is -0.428 e. The Morgan fingerprint density at radius 3 is 3.00 bits per heavy atom. The molecule has 1 fully saturated rings. The molecule has 0 bridgehead atoms. The van der Waals surface area contributed by atoms with Gasteiger partial charge in [-0.2, -0.15) is 4.98 Å². The summed E-state index contributed by atoms with van der Waals surface area (Å²) in [5.41, 5.74) is 1.21. The summed E-state index contributed by atoms with van der Waals surface area (Å²) >= 11 is 0. The number of hydrogen-bond donors (Lipinski definition) is 1. The van der Waals surface area contributed by atoms with Gasteiger partial charge in [0.05, 0.1) is 5.69 Å². The van der Waals surface area contributed by atoms with Gasteiger partial charge in [-0.05, 0) is 51.1 Å². The molecule has 0 radical (unpaired) electrons. The molecule has 20 heavy (non-hydrogen) atoms. The highest BCUT2D eigenvalue weighted by molar-refractivity contribution is 5.28. The number of nitrogens with zero attached hydrogens (tertiary/aromatic N) is 2. The maximum atomic E-state index is 5.93. The fourth-order valence-corrected chi connectivity index (χ4v) is 3.76. The Balaban J connectivity index is 1.74. The molecule has 2 heterocycles. The van der Waals surface area contributed by atoms with Crippen molar-refractivity contribution in [2.24, 2.45) is 5.92 Å². The standard InChI is InChI=1S/C16H27N3O/c1-3-7-17-16-18-13-10-12-6-5-9-19(8-4-2)14(12)11-15(13)20-16/h12,14H,3-11H2,1-2H3,(H,17,18)/t12-,14-/m0/s1. The van der Waals surface area contributed by atoms with Crippen molar-refractivity contribution in [1.29, 1.82) is 0 Å². The van der Waals surface area contributed by atoms with Crippen molar-refractivity contribution in [3.8, 4) is 0 Å². The van der Waals surface area contributed by atoms with Crippen LogP contribution in [0.1, 0.15) is 51.0 Å². The second-order valence-electron chi connectivity index (χ2n) is 6.23. The monoisotopic (exact) mass is 277 g/mol. The zero-order valence-electron chi connectivity index (χ0n) is 12.8. The molecule has 1 aliphatic carbocycles. The first-order chi connectivity index (χ1) is 9.81. The molecule has 2 atom stereocenters. The topological polar surface area (TPSA) is 41.3 Å². The van der Waals surface area contributed by atoms with Crippen LogP contribution >= 0.6 is 0 Å². The number of anilines is 1. The van der Waals surface area contributed by atoms with Crippen LogP contribution < -0.4 is 5.32 Å². The molecule has 3 rings (SSSR count). The van der Waals surface area contributed by atoms with Gasteiger partial charge < -0.3 is 9.73 Å². The van der Waals surface area contributed by atoms with Crippen molar-refractivity contribution in [3.05, 3.63) is 11.5 Å². The van der Waals surface area contributed by atoms with Crippen LogP contribution in [0.15, 0.2) is 4.42 Å². The van der Waals surface area contributed by atoms with Crippen molar-refractivity contribution in [2.45, 2.75) is 58.4 Å². The predicted molar refractivity (Wildman–Crippen MR) is 81.1 cm³/mol. The number of likely N-dealkylation sites (tertiary alicyclic amines) is 1. The van der Waals surface area contributed by atoms with Crippen LogP contribution in [-0.4, -0.2) is 35.6 Å². The molecule has 4 nitrogen and oxygen atoms in total. The number of fused-ring (bicyclic) bond motifs is 2. The number of aromatic nitrogens is 1. The fraction of sp³-hybridized carbons (Fsp3) is 0.812. The van der Waals surface area contributed by atoms with E-state index < -0.39 is 0 Å². The average molecular weight is 277 g/mol. The van der Waals surface area contributed by atoms with Gasteiger partial charge in [-0.3, -0.25) is 4.90 Å². The van der Waals surface area contributed by atoms with Crippen molar-refractivity contribution in [3.63, 3.8) is 0 Å². The van der Waals surface area contributed by atoms with Gasteiger partial charge in [-0.15, -0.1) is 0 Å². The molecule has 0 aromatic carbocycles. The van der Waals surface area contributed by atoms with Crippen molar-refractivity contribution in [1.82, 2.24) is 9.88 Å². The number of piperidine rings is 1. The van der Waals surface area contributed by atoms with Crippen LogP contribution in [0.5, 0.6) is 0 Å². The second-order valence-corrected chi connectivity index (χ2v) is 6.23. The van der Waals surface area contributed by atoms with Crippen molar-refractivity contribution >= 4 is 6.01 Å². The van der Waals surface area contributed by atoms with Gasteiger partial charge in [0.25, 0.3) is 6.01 Å².